The number of nitrogens with one attached hydrogen (secondary N) is 2. The molecule has 0 aliphatic carbocycles. The number of rotatable bonds is 7. The number of ether oxygens (including phenoxy) is 1. The Morgan fingerprint density at radius 2 is 2.00 bits per heavy atom. The number of thiazole rings is 1. The SMILES string of the molecule is CCC(OC(=O)c1ccc2nc(-c3cccnc3)[nH]c2c1)C(=O)Nc1nc(-c2ccccc2Cl)cs1. The van der Waals surface area contributed by atoms with Crippen molar-refractivity contribution >= 4 is 51.0 Å². The number of imidazole rings is 1. The summed E-state index contributed by atoms with van der Waals surface area (Å²) in [5, 5.41) is 5.51. The molecular weight excluding hydrogens is 498 g/mol. The summed E-state index contributed by atoms with van der Waals surface area (Å²) in [6.45, 7) is 1.77. The first-order chi connectivity index (χ1) is 17.5. The van der Waals surface area contributed by atoms with Crippen molar-refractivity contribution in [3.8, 4) is 22.6 Å². The Labute approximate surface area is 215 Å². The Morgan fingerprint density at radius 3 is 2.78 bits per heavy atom. The number of esters is 1. The molecule has 5 rings (SSSR count). The first-order valence-electron chi connectivity index (χ1n) is 11.1. The van der Waals surface area contributed by atoms with Crippen LogP contribution in [0.25, 0.3) is 33.7 Å². The van der Waals surface area contributed by atoms with E-state index in [9.17, 15) is 9.59 Å². The summed E-state index contributed by atoms with van der Waals surface area (Å²) in [6.07, 6.45) is 2.72. The number of aromatic amines is 1. The molecule has 2 aromatic carbocycles. The van der Waals surface area contributed by atoms with Crippen LogP contribution in [-0.2, 0) is 9.53 Å². The first-order valence-corrected chi connectivity index (χ1v) is 12.4. The molecule has 10 heteroatoms. The number of fused-ring (bicyclic) bond motifs is 1. The second kappa shape index (κ2) is 10.3. The molecule has 3 heterocycles. The molecule has 0 spiro atoms. The largest absolute Gasteiger partial charge is 0.449 e. The van der Waals surface area contributed by atoms with Crippen LogP contribution in [0.3, 0.4) is 0 Å². The number of anilines is 1. The Kier molecular flexibility index (Phi) is 6.75. The van der Waals surface area contributed by atoms with Crippen LogP contribution in [0.4, 0.5) is 5.13 Å². The maximum absolute atomic E-state index is 12.8. The molecule has 0 aliphatic rings. The summed E-state index contributed by atoms with van der Waals surface area (Å²) < 4.78 is 5.53. The Balaban J connectivity index is 1.27. The second-order valence-corrected chi connectivity index (χ2v) is 9.13. The highest BCUT2D eigenvalue weighted by Crippen LogP contribution is 2.30. The number of aromatic nitrogens is 4. The number of H-pyrrole nitrogens is 1. The minimum Gasteiger partial charge on any atom is -0.449 e. The van der Waals surface area contributed by atoms with E-state index in [2.05, 4.69) is 25.3 Å². The van der Waals surface area contributed by atoms with E-state index in [1.165, 1.54) is 11.3 Å². The molecule has 2 N–H and O–H groups in total. The minimum absolute atomic E-state index is 0.303. The fourth-order valence-electron chi connectivity index (χ4n) is 3.61. The molecule has 1 amide bonds. The van der Waals surface area contributed by atoms with E-state index >= 15 is 0 Å². The van der Waals surface area contributed by atoms with E-state index in [0.717, 1.165) is 11.1 Å². The van der Waals surface area contributed by atoms with Gasteiger partial charge in [-0.2, -0.15) is 0 Å². The highest BCUT2D eigenvalue weighted by atomic mass is 35.5. The number of hydrogen-bond acceptors (Lipinski definition) is 7. The van der Waals surface area contributed by atoms with Gasteiger partial charge in [-0.3, -0.25) is 15.1 Å². The van der Waals surface area contributed by atoms with Gasteiger partial charge < -0.3 is 9.72 Å². The average Bonchev–Trinajstić information content (AvgIpc) is 3.54. The molecule has 0 aliphatic heterocycles. The predicted octanol–water partition coefficient (Wildman–Crippen LogP) is 5.98. The third-order valence-electron chi connectivity index (χ3n) is 5.45. The molecule has 0 saturated heterocycles. The smallest absolute Gasteiger partial charge is 0.338 e. The maximum atomic E-state index is 12.8. The van der Waals surface area contributed by atoms with E-state index in [0.29, 0.717) is 44.7 Å². The summed E-state index contributed by atoms with van der Waals surface area (Å²) in [5.41, 5.74) is 3.95. The van der Waals surface area contributed by atoms with Gasteiger partial charge in [0.05, 0.1) is 22.3 Å². The molecular formula is C26H20ClN5O3S. The molecule has 0 fully saturated rings. The summed E-state index contributed by atoms with van der Waals surface area (Å²) in [5.74, 6) is -0.409. The fourth-order valence-corrected chi connectivity index (χ4v) is 4.55. The van der Waals surface area contributed by atoms with E-state index in [1.807, 2.05) is 35.7 Å². The fraction of sp³-hybridized carbons (Fsp3) is 0.115. The van der Waals surface area contributed by atoms with Gasteiger partial charge in [-0.15, -0.1) is 11.3 Å². The summed E-state index contributed by atoms with van der Waals surface area (Å²) in [7, 11) is 0. The standard InChI is InChI=1S/C26H20ClN5O3S/c1-2-22(24(33)32-26-31-21(14-36-26)17-7-3-4-8-18(17)27)35-25(34)15-9-10-19-20(12-15)30-23(29-19)16-6-5-11-28-13-16/h3-14,22H,2H2,1H3,(H,29,30)(H,31,32,33). The van der Waals surface area contributed by atoms with Crippen molar-refractivity contribution in [1.82, 2.24) is 19.9 Å². The lowest BCUT2D eigenvalue weighted by molar-refractivity contribution is -0.124. The van der Waals surface area contributed by atoms with Crippen molar-refractivity contribution in [2.24, 2.45) is 0 Å². The number of benzene rings is 2. The molecule has 0 saturated carbocycles. The zero-order chi connectivity index (χ0) is 25.1. The van der Waals surface area contributed by atoms with Gasteiger partial charge in [-0.25, -0.2) is 14.8 Å². The van der Waals surface area contributed by atoms with Gasteiger partial charge >= 0.3 is 5.97 Å². The Hall–Kier alpha value is -4.08. The average molecular weight is 518 g/mol. The van der Waals surface area contributed by atoms with Gasteiger partial charge in [0.25, 0.3) is 5.91 Å². The van der Waals surface area contributed by atoms with Crippen molar-refractivity contribution in [3.63, 3.8) is 0 Å². The van der Waals surface area contributed by atoms with Crippen LogP contribution < -0.4 is 5.32 Å². The predicted molar refractivity (Wildman–Crippen MR) is 140 cm³/mol. The summed E-state index contributed by atoms with van der Waals surface area (Å²) in [4.78, 5) is 42.0. The van der Waals surface area contributed by atoms with Gasteiger partial charge in [-0.1, -0.05) is 36.7 Å². The lowest BCUT2D eigenvalue weighted by Crippen LogP contribution is -2.32. The topological polar surface area (TPSA) is 110 Å². The van der Waals surface area contributed by atoms with Crippen LogP contribution >= 0.6 is 22.9 Å². The zero-order valence-corrected chi connectivity index (χ0v) is 20.6. The molecule has 0 radical (unpaired) electrons. The number of pyridine rings is 1. The number of hydrogen-bond donors (Lipinski definition) is 2. The highest BCUT2D eigenvalue weighted by molar-refractivity contribution is 7.14. The third-order valence-corrected chi connectivity index (χ3v) is 6.54. The van der Waals surface area contributed by atoms with Crippen LogP contribution in [-0.4, -0.2) is 37.9 Å². The molecule has 5 aromatic rings. The van der Waals surface area contributed by atoms with E-state index in [4.69, 9.17) is 16.3 Å². The van der Waals surface area contributed by atoms with Crippen molar-refractivity contribution in [3.05, 3.63) is 83.0 Å². The molecule has 8 nitrogen and oxygen atoms in total. The van der Waals surface area contributed by atoms with Crippen LogP contribution in [0.1, 0.15) is 23.7 Å². The van der Waals surface area contributed by atoms with Gasteiger partial charge in [-0.05, 0) is 42.8 Å². The number of carbonyl (C=O) groups is 2. The van der Waals surface area contributed by atoms with Crippen molar-refractivity contribution in [1.29, 1.82) is 0 Å². The first kappa shape index (κ1) is 23.7. The van der Waals surface area contributed by atoms with Gasteiger partial charge in [0.1, 0.15) is 5.82 Å². The van der Waals surface area contributed by atoms with Gasteiger partial charge in [0, 0.05) is 33.9 Å². The maximum Gasteiger partial charge on any atom is 0.338 e. The number of amides is 1. The normalized spacial score (nSPS) is 11.8. The van der Waals surface area contributed by atoms with Gasteiger partial charge in [0.15, 0.2) is 11.2 Å². The van der Waals surface area contributed by atoms with Crippen LogP contribution in [0.15, 0.2) is 72.4 Å². The van der Waals surface area contributed by atoms with E-state index in [-0.39, 0.29) is 0 Å². The Morgan fingerprint density at radius 1 is 1.14 bits per heavy atom. The monoisotopic (exact) mass is 517 g/mol. The van der Waals surface area contributed by atoms with Crippen molar-refractivity contribution in [2.45, 2.75) is 19.4 Å². The summed E-state index contributed by atoms with van der Waals surface area (Å²) in [6, 6.07) is 16.1. The van der Waals surface area contributed by atoms with Crippen molar-refractivity contribution in [2.75, 3.05) is 5.32 Å². The Bertz CT molecular complexity index is 1550. The molecule has 36 heavy (non-hydrogen) atoms. The molecule has 1 unspecified atom stereocenters. The molecule has 1 atom stereocenters. The summed E-state index contributed by atoms with van der Waals surface area (Å²) >= 11 is 7.51. The highest BCUT2D eigenvalue weighted by Gasteiger charge is 2.23. The molecule has 0 bridgehead atoms. The lowest BCUT2D eigenvalue weighted by atomic mass is 10.2. The van der Waals surface area contributed by atoms with E-state index < -0.39 is 18.0 Å². The molecule has 180 valence electrons. The molecule has 3 aromatic heterocycles. The zero-order valence-electron chi connectivity index (χ0n) is 19.1. The van der Waals surface area contributed by atoms with E-state index in [1.54, 1.807) is 43.6 Å². The van der Waals surface area contributed by atoms with Crippen LogP contribution in [0.2, 0.25) is 5.02 Å². The second-order valence-electron chi connectivity index (χ2n) is 7.87. The van der Waals surface area contributed by atoms with Crippen LogP contribution in [0, 0.1) is 0 Å². The van der Waals surface area contributed by atoms with Crippen LogP contribution in [0.5, 0.6) is 0 Å². The van der Waals surface area contributed by atoms with Crippen molar-refractivity contribution < 1.29 is 14.3 Å². The number of carbonyl (C=O) groups excluding carboxylic acids is 2. The number of nitrogens with zero attached hydrogens (tertiary/aromatic N) is 3. The minimum atomic E-state index is -0.978. The number of halogens is 1. The van der Waals surface area contributed by atoms with Gasteiger partial charge in [0.2, 0.25) is 0 Å². The third kappa shape index (κ3) is 4.98. The lowest BCUT2D eigenvalue weighted by Gasteiger charge is -2.15. The quantitative estimate of drug-likeness (QED) is 0.257.